The number of nitrogens with zero attached hydrogens (tertiary/aromatic N) is 3. The number of nitrogens with one attached hydrogen (secondary N) is 2. The minimum atomic E-state index is -0.660. The number of thiophene rings is 1. The van der Waals surface area contributed by atoms with Gasteiger partial charge >= 0.3 is 0 Å². The molecule has 4 rings (SSSR count). The van der Waals surface area contributed by atoms with Crippen molar-refractivity contribution in [2.75, 3.05) is 10.6 Å². The van der Waals surface area contributed by atoms with E-state index in [-0.39, 0.29) is 17.8 Å². The highest BCUT2D eigenvalue weighted by atomic mass is 32.1. The normalized spacial score (nSPS) is 22.8. The van der Waals surface area contributed by atoms with Gasteiger partial charge in [0, 0.05) is 12.1 Å². The third-order valence-corrected chi connectivity index (χ3v) is 5.83. The second-order valence-electron chi connectivity index (χ2n) is 7.04. The van der Waals surface area contributed by atoms with Crippen LogP contribution in [0.5, 0.6) is 0 Å². The quantitative estimate of drug-likeness (QED) is 0.611. The molecule has 2 atom stereocenters. The topological polar surface area (TPSA) is 132 Å². The molecule has 9 heteroatoms. The Labute approximate surface area is 155 Å². The van der Waals surface area contributed by atoms with Crippen LogP contribution in [0.25, 0.3) is 0 Å². The molecule has 2 heterocycles. The Balaban J connectivity index is 1.55. The lowest BCUT2D eigenvalue weighted by Crippen LogP contribution is -2.43. The molecule has 0 aromatic carbocycles. The third-order valence-electron chi connectivity index (χ3n) is 4.96. The van der Waals surface area contributed by atoms with Gasteiger partial charge in [0.25, 0.3) is 5.91 Å². The average molecular weight is 373 g/mol. The summed E-state index contributed by atoms with van der Waals surface area (Å²) in [6, 6.07) is 2.28. The summed E-state index contributed by atoms with van der Waals surface area (Å²) < 4.78 is 0. The van der Waals surface area contributed by atoms with Crippen LogP contribution in [-0.2, 0) is 0 Å². The lowest BCUT2D eigenvalue weighted by Gasteiger charge is -2.29. The number of hydrogen-bond donors (Lipinski definition) is 4. The van der Waals surface area contributed by atoms with Crippen molar-refractivity contribution in [3.8, 4) is 0 Å². The van der Waals surface area contributed by atoms with Crippen LogP contribution in [-0.4, -0.2) is 33.2 Å². The van der Waals surface area contributed by atoms with Crippen molar-refractivity contribution >= 4 is 34.0 Å². The van der Waals surface area contributed by atoms with Crippen LogP contribution in [0.3, 0.4) is 0 Å². The SMILES string of the molecule is NC(=O)c1nnc(N[C@@H]2CCCC[C@@H]2N)nc1Nc1cc(C2CC2)cs1. The number of hydrogen-bond acceptors (Lipinski definition) is 8. The Morgan fingerprint density at radius 1 is 1.19 bits per heavy atom. The Morgan fingerprint density at radius 3 is 2.73 bits per heavy atom. The number of rotatable bonds is 6. The lowest BCUT2D eigenvalue weighted by molar-refractivity contribution is 0.0995. The summed E-state index contributed by atoms with van der Waals surface area (Å²) in [5.41, 5.74) is 13.0. The molecule has 0 aliphatic heterocycles. The van der Waals surface area contributed by atoms with Crippen molar-refractivity contribution in [2.24, 2.45) is 11.5 Å². The zero-order valence-electron chi connectivity index (χ0n) is 14.4. The first-order chi connectivity index (χ1) is 12.6. The molecule has 2 saturated carbocycles. The summed E-state index contributed by atoms with van der Waals surface area (Å²) in [4.78, 5) is 16.1. The molecule has 0 radical (unpaired) electrons. The zero-order chi connectivity index (χ0) is 18.1. The molecule has 0 unspecified atom stereocenters. The van der Waals surface area contributed by atoms with E-state index in [2.05, 4.69) is 37.3 Å². The van der Waals surface area contributed by atoms with E-state index < -0.39 is 5.91 Å². The summed E-state index contributed by atoms with van der Waals surface area (Å²) in [6.45, 7) is 0. The van der Waals surface area contributed by atoms with E-state index >= 15 is 0 Å². The molecule has 2 aliphatic rings. The van der Waals surface area contributed by atoms with E-state index in [1.165, 1.54) is 18.4 Å². The van der Waals surface area contributed by atoms with Gasteiger partial charge in [0.2, 0.25) is 5.95 Å². The highest BCUT2D eigenvalue weighted by molar-refractivity contribution is 7.14. The molecule has 1 amide bonds. The van der Waals surface area contributed by atoms with Crippen LogP contribution in [0.15, 0.2) is 11.4 Å². The van der Waals surface area contributed by atoms with Gasteiger partial charge in [-0.15, -0.1) is 21.5 Å². The lowest BCUT2D eigenvalue weighted by atomic mass is 9.91. The number of carbonyl (C=O) groups is 1. The van der Waals surface area contributed by atoms with Crippen molar-refractivity contribution in [2.45, 2.75) is 56.5 Å². The molecule has 2 fully saturated rings. The van der Waals surface area contributed by atoms with Gasteiger partial charge in [0.15, 0.2) is 11.5 Å². The van der Waals surface area contributed by atoms with Crippen molar-refractivity contribution < 1.29 is 4.79 Å². The van der Waals surface area contributed by atoms with Crippen LogP contribution in [0.1, 0.15) is 60.5 Å². The Hall–Kier alpha value is -2.26. The molecule has 0 bridgehead atoms. The average Bonchev–Trinajstić information content (AvgIpc) is 3.37. The first kappa shape index (κ1) is 17.2. The first-order valence-electron chi connectivity index (χ1n) is 9.02. The van der Waals surface area contributed by atoms with E-state index in [4.69, 9.17) is 11.5 Å². The summed E-state index contributed by atoms with van der Waals surface area (Å²) >= 11 is 1.58. The summed E-state index contributed by atoms with van der Waals surface area (Å²) in [6.07, 6.45) is 6.71. The zero-order valence-corrected chi connectivity index (χ0v) is 15.3. The second kappa shape index (κ2) is 7.16. The molecular formula is C17H23N7OS. The monoisotopic (exact) mass is 373 g/mol. The van der Waals surface area contributed by atoms with Gasteiger partial charge in [0.05, 0.1) is 5.00 Å². The third kappa shape index (κ3) is 3.78. The van der Waals surface area contributed by atoms with Gasteiger partial charge in [-0.2, -0.15) is 4.98 Å². The Kier molecular flexibility index (Phi) is 4.73. The Morgan fingerprint density at radius 2 is 2.00 bits per heavy atom. The summed E-state index contributed by atoms with van der Waals surface area (Å²) in [5, 5.41) is 17.5. The predicted molar refractivity (Wildman–Crippen MR) is 102 cm³/mol. The predicted octanol–water partition coefficient (Wildman–Crippen LogP) is 2.33. The largest absolute Gasteiger partial charge is 0.364 e. The van der Waals surface area contributed by atoms with Crippen molar-refractivity contribution in [3.63, 3.8) is 0 Å². The molecule has 0 spiro atoms. The van der Waals surface area contributed by atoms with Crippen LogP contribution < -0.4 is 22.1 Å². The second-order valence-corrected chi connectivity index (χ2v) is 7.95. The number of primary amides is 1. The van der Waals surface area contributed by atoms with E-state index in [0.717, 1.165) is 30.7 Å². The fourth-order valence-electron chi connectivity index (χ4n) is 3.31. The van der Waals surface area contributed by atoms with Crippen LogP contribution >= 0.6 is 11.3 Å². The molecule has 2 aliphatic carbocycles. The van der Waals surface area contributed by atoms with E-state index in [9.17, 15) is 4.79 Å². The molecule has 138 valence electrons. The molecule has 2 aromatic rings. The number of nitrogens with two attached hydrogens (primary N) is 2. The fraction of sp³-hybridized carbons (Fsp3) is 0.529. The maximum Gasteiger partial charge on any atom is 0.273 e. The van der Waals surface area contributed by atoms with Crippen molar-refractivity contribution in [1.29, 1.82) is 0 Å². The maximum atomic E-state index is 11.7. The van der Waals surface area contributed by atoms with Gasteiger partial charge in [-0.25, -0.2) is 0 Å². The first-order valence-corrected chi connectivity index (χ1v) is 9.90. The minimum absolute atomic E-state index is 0.0323. The Bertz CT molecular complexity index is 804. The number of amides is 1. The van der Waals surface area contributed by atoms with E-state index in [0.29, 0.717) is 17.7 Å². The van der Waals surface area contributed by atoms with Crippen molar-refractivity contribution in [1.82, 2.24) is 15.2 Å². The standard InChI is InChI=1S/C17H23N7OS/c18-11-3-1-2-4-12(11)20-17-22-16(14(15(19)25)23-24-17)21-13-7-10(8-26-13)9-5-6-9/h7-9,11-12H,1-6,18H2,(H2,19,25)(H2,20,21,22,24)/t11-,12+/m0/s1. The van der Waals surface area contributed by atoms with Crippen molar-refractivity contribution in [3.05, 3.63) is 22.7 Å². The summed E-state index contributed by atoms with van der Waals surface area (Å²) in [7, 11) is 0. The maximum absolute atomic E-state index is 11.7. The fourth-order valence-corrected chi connectivity index (χ4v) is 4.19. The molecule has 8 nitrogen and oxygen atoms in total. The smallest absolute Gasteiger partial charge is 0.273 e. The molecule has 6 N–H and O–H groups in total. The summed E-state index contributed by atoms with van der Waals surface area (Å²) in [5.74, 6) is 0.695. The van der Waals surface area contributed by atoms with E-state index in [1.54, 1.807) is 11.3 Å². The molecule has 2 aromatic heterocycles. The van der Waals surface area contributed by atoms with Crippen LogP contribution in [0, 0.1) is 0 Å². The minimum Gasteiger partial charge on any atom is -0.364 e. The molecule has 26 heavy (non-hydrogen) atoms. The number of anilines is 3. The highest BCUT2D eigenvalue weighted by Crippen LogP contribution is 2.43. The van der Waals surface area contributed by atoms with Gasteiger partial charge < -0.3 is 22.1 Å². The van der Waals surface area contributed by atoms with Gasteiger partial charge in [-0.05, 0) is 48.6 Å². The molecule has 0 saturated heterocycles. The number of aromatic nitrogens is 3. The van der Waals surface area contributed by atoms with Gasteiger partial charge in [-0.1, -0.05) is 12.8 Å². The van der Waals surface area contributed by atoms with Gasteiger partial charge in [0.1, 0.15) is 0 Å². The number of carbonyl (C=O) groups excluding carboxylic acids is 1. The highest BCUT2D eigenvalue weighted by Gasteiger charge is 2.26. The molecular weight excluding hydrogens is 350 g/mol. The van der Waals surface area contributed by atoms with E-state index in [1.807, 2.05) is 0 Å². The van der Waals surface area contributed by atoms with Crippen LogP contribution in [0.2, 0.25) is 0 Å². The van der Waals surface area contributed by atoms with Crippen LogP contribution in [0.4, 0.5) is 16.8 Å². The van der Waals surface area contributed by atoms with Gasteiger partial charge in [-0.3, -0.25) is 4.79 Å².